The van der Waals surface area contributed by atoms with Crippen molar-refractivity contribution in [2.45, 2.75) is 24.0 Å². The molecular formula is C13H13FN4O2S. The quantitative estimate of drug-likeness (QED) is 0.601. The SMILES string of the molecule is COc1ccc(C(=O)CSc2nnnn2C2CC2)cc1F. The summed E-state index contributed by atoms with van der Waals surface area (Å²) in [5, 5.41) is 12.1. The zero-order valence-electron chi connectivity index (χ0n) is 11.3. The van der Waals surface area contributed by atoms with Crippen LogP contribution in [0.15, 0.2) is 23.4 Å². The van der Waals surface area contributed by atoms with Crippen molar-refractivity contribution in [1.82, 2.24) is 20.2 Å². The van der Waals surface area contributed by atoms with Crippen LogP contribution in [-0.4, -0.2) is 38.9 Å². The van der Waals surface area contributed by atoms with Gasteiger partial charge in [0.2, 0.25) is 5.16 Å². The van der Waals surface area contributed by atoms with Gasteiger partial charge < -0.3 is 4.74 Å². The van der Waals surface area contributed by atoms with E-state index in [1.165, 1.54) is 31.0 Å². The average molecular weight is 308 g/mol. The zero-order valence-corrected chi connectivity index (χ0v) is 12.1. The first-order valence-corrected chi connectivity index (χ1v) is 7.45. The van der Waals surface area contributed by atoms with Crippen molar-refractivity contribution in [1.29, 1.82) is 0 Å². The molecule has 1 heterocycles. The van der Waals surface area contributed by atoms with Crippen molar-refractivity contribution < 1.29 is 13.9 Å². The van der Waals surface area contributed by atoms with Gasteiger partial charge in [0.25, 0.3) is 0 Å². The van der Waals surface area contributed by atoms with Gasteiger partial charge in [-0.15, -0.1) is 5.10 Å². The van der Waals surface area contributed by atoms with Gasteiger partial charge >= 0.3 is 0 Å². The third kappa shape index (κ3) is 3.05. The predicted octanol–water partition coefficient (Wildman–Crippen LogP) is 2.13. The molecular weight excluding hydrogens is 295 g/mol. The monoisotopic (exact) mass is 308 g/mol. The molecule has 1 saturated carbocycles. The molecule has 0 aliphatic heterocycles. The van der Waals surface area contributed by atoms with Crippen LogP contribution in [0, 0.1) is 5.82 Å². The molecule has 3 rings (SSSR count). The van der Waals surface area contributed by atoms with E-state index in [-0.39, 0.29) is 17.3 Å². The Morgan fingerprint density at radius 2 is 2.33 bits per heavy atom. The average Bonchev–Trinajstić information content (AvgIpc) is 3.23. The Hall–Kier alpha value is -1.96. The Labute approximate surface area is 124 Å². The van der Waals surface area contributed by atoms with E-state index in [1.54, 1.807) is 10.7 Å². The number of Topliss-reactive ketones (excluding diaryl/α,β-unsaturated/α-hetero) is 1. The Morgan fingerprint density at radius 3 is 3.00 bits per heavy atom. The molecule has 0 radical (unpaired) electrons. The molecule has 110 valence electrons. The van der Waals surface area contributed by atoms with Crippen LogP contribution in [-0.2, 0) is 0 Å². The first kappa shape index (κ1) is 14.0. The highest BCUT2D eigenvalue weighted by atomic mass is 32.2. The van der Waals surface area contributed by atoms with Crippen molar-refractivity contribution in [3.05, 3.63) is 29.6 Å². The van der Waals surface area contributed by atoms with E-state index in [0.29, 0.717) is 16.8 Å². The van der Waals surface area contributed by atoms with Crippen LogP contribution in [0.1, 0.15) is 29.2 Å². The van der Waals surface area contributed by atoms with Crippen LogP contribution < -0.4 is 4.74 Å². The number of thioether (sulfide) groups is 1. The predicted molar refractivity (Wildman–Crippen MR) is 74.1 cm³/mol. The third-order valence-electron chi connectivity index (χ3n) is 3.16. The first-order valence-electron chi connectivity index (χ1n) is 6.46. The molecule has 1 aromatic carbocycles. The lowest BCUT2D eigenvalue weighted by atomic mass is 10.1. The normalized spacial score (nSPS) is 14.2. The van der Waals surface area contributed by atoms with Gasteiger partial charge in [0.15, 0.2) is 17.3 Å². The molecule has 0 spiro atoms. The summed E-state index contributed by atoms with van der Waals surface area (Å²) in [6.45, 7) is 0. The minimum Gasteiger partial charge on any atom is -0.494 e. The fourth-order valence-electron chi connectivity index (χ4n) is 1.88. The molecule has 1 fully saturated rings. The summed E-state index contributed by atoms with van der Waals surface area (Å²) in [6.07, 6.45) is 2.13. The summed E-state index contributed by atoms with van der Waals surface area (Å²) >= 11 is 1.26. The lowest BCUT2D eigenvalue weighted by Gasteiger charge is -2.05. The Bertz CT molecular complexity index is 672. The second kappa shape index (κ2) is 5.80. The Kier molecular flexibility index (Phi) is 3.87. The summed E-state index contributed by atoms with van der Waals surface area (Å²) in [4.78, 5) is 12.1. The van der Waals surface area contributed by atoms with Crippen LogP contribution in [0.25, 0.3) is 0 Å². The topological polar surface area (TPSA) is 69.9 Å². The fourth-order valence-corrected chi connectivity index (χ4v) is 2.72. The lowest BCUT2D eigenvalue weighted by molar-refractivity contribution is 0.102. The molecule has 0 amide bonds. The smallest absolute Gasteiger partial charge is 0.210 e. The minimum absolute atomic E-state index is 0.122. The van der Waals surface area contributed by atoms with E-state index in [1.807, 2.05) is 0 Å². The summed E-state index contributed by atoms with van der Waals surface area (Å²) in [5.74, 6) is -0.432. The van der Waals surface area contributed by atoms with Gasteiger partial charge in [-0.1, -0.05) is 11.8 Å². The fraction of sp³-hybridized carbons (Fsp3) is 0.385. The van der Waals surface area contributed by atoms with Gasteiger partial charge in [-0.25, -0.2) is 9.07 Å². The van der Waals surface area contributed by atoms with Gasteiger partial charge in [0, 0.05) is 5.56 Å². The highest BCUT2D eigenvalue weighted by molar-refractivity contribution is 7.99. The van der Waals surface area contributed by atoms with Gasteiger partial charge in [0.1, 0.15) is 0 Å². The van der Waals surface area contributed by atoms with Crippen molar-refractivity contribution in [3.8, 4) is 5.75 Å². The molecule has 21 heavy (non-hydrogen) atoms. The summed E-state index contributed by atoms with van der Waals surface area (Å²) in [7, 11) is 1.38. The molecule has 1 aromatic heterocycles. The lowest BCUT2D eigenvalue weighted by Crippen LogP contribution is -2.06. The van der Waals surface area contributed by atoms with Crippen molar-refractivity contribution in [3.63, 3.8) is 0 Å². The number of rotatable bonds is 6. The molecule has 0 saturated heterocycles. The number of halogens is 1. The molecule has 8 heteroatoms. The number of aromatic nitrogens is 4. The van der Waals surface area contributed by atoms with E-state index >= 15 is 0 Å². The molecule has 0 atom stereocenters. The van der Waals surface area contributed by atoms with Crippen LogP contribution in [0.5, 0.6) is 5.75 Å². The molecule has 0 N–H and O–H groups in total. The maximum atomic E-state index is 13.6. The number of ketones is 1. The molecule has 1 aliphatic rings. The summed E-state index contributed by atoms with van der Waals surface area (Å²) < 4.78 is 20.2. The standard InChI is InChI=1S/C13H13FN4O2S/c1-20-12-5-2-8(6-10(12)14)11(19)7-21-13-15-16-17-18(13)9-3-4-9/h2,5-6,9H,3-4,7H2,1H3. The number of benzene rings is 1. The van der Waals surface area contributed by atoms with E-state index in [4.69, 9.17) is 4.74 Å². The number of carbonyl (C=O) groups is 1. The molecule has 0 unspecified atom stereocenters. The Balaban J connectivity index is 1.66. The second-order valence-electron chi connectivity index (χ2n) is 4.70. The van der Waals surface area contributed by atoms with E-state index in [2.05, 4.69) is 15.5 Å². The number of ether oxygens (including phenoxy) is 1. The van der Waals surface area contributed by atoms with Crippen molar-refractivity contribution >= 4 is 17.5 Å². The van der Waals surface area contributed by atoms with Gasteiger partial charge in [0.05, 0.1) is 18.9 Å². The first-order chi connectivity index (χ1) is 10.2. The third-order valence-corrected chi connectivity index (χ3v) is 4.09. The number of methoxy groups -OCH3 is 1. The van der Waals surface area contributed by atoms with Crippen LogP contribution >= 0.6 is 11.8 Å². The maximum Gasteiger partial charge on any atom is 0.210 e. The number of hydrogen-bond acceptors (Lipinski definition) is 6. The molecule has 0 bridgehead atoms. The van der Waals surface area contributed by atoms with Crippen molar-refractivity contribution in [2.75, 3.05) is 12.9 Å². The number of nitrogens with zero attached hydrogens (tertiary/aromatic N) is 4. The van der Waals surface area contributed by atoms with Gasteiger partial charge in [-0.2, -0.15) is 0 Å². The molecule has 1 aliphatic carbocycles. The Morgan fingerprint density at radius 1 is 1.52 bits per heavy atom. The van der Waals surface area contributed by atoms with E-state index in [0.717, 1.165) is 12.8 Å². The van der Waals surface area contributed by atoms with Gasteiger partial charge in [-0.3, -0.25) is 4.79 Å². The zero-order chi connectivity index (χ0) is 14.8. The van der Waals surface area contributed by atoms with Gasteiger partial charge in [-0.05, 0) is 41.5 Å². The number of carbonyl (C=O) groups excluding carboxylic acids is 1. The molecule has 6 nitrogen and oxygen atoms in total. The maximum absolute atomic E-state index is 13.6. The van der Waals surface area contributed by atoms with Crippen LogP contribution in [0.4, 0.5) is 4.39 Å². The largest absolute Gasteiger partial charge is 0.494 e. The number of hydrogen-bond donors (Lipinski definition) is 0. The van der Waals surface area contributed by atoms with Crippen molar-refractivity contribution in [2.24, 2.45) is 0 Å². The second-order valence-corrected chi connectivity index (χ2v) is 5.64. The van der Waals surface area contributed by atoms with Crippen LogP contribution in [0.2, 0.25) is 0 Å². The summed E-state index contributed by atoms with van der Waals surface area (Å²) in [5.41, 5.74) is 0.311. The van der Waals surface area contributed by atoms with E-state index < -0.39 is 5.82 Å². The highest BCUT2D eigenvalue weighted by Gasteiger charge is 2.28. The highest BCUT2D eigenvalue weighted by Crippen LogP contribution is 2.36. The summed E-state index contributed by atoms with van der Waals surface area (Å²) in [6, 6.07) is 4.54. The number of tetrazole rings is 1. The van der Waals surface area contributed by atoms with Crippen LogP contribution in [0.3, 0.4) is 0 Å². The van der Waals surface area contributed by atoms with E-state index in [9.17, 15) is 9.18 Å². The molecule has 2 aromatic rings. The minimum atomic E-state index is -0.545.